The van der Waals surface area contributed by atoms with E-state index in [9.17, 15) is 4.79 Å². The van der Waals surface area contributed by atoms with Gasteiger partial charge in [0.2, 0.25) is 5.91 Å². The number of nitrogens with two attached hydrogens (primary N) is 1. The van der Waals surface area contributed by atoms with Crippen molar-refractivity contribution in [1.29, 1.82) is 0 Å². The fourth-order valence-corrected chi connectivity index (χ4v) is 4.56. The highest BCUT2D eigenvalue weighted by Crippen LogP contribution is 2.35. The van der Waals surface area contributed by atoms with Crippen molar-refractivity contribution < 1.29 is 4.79 Å². The quantitative estimate of drug-likeness (QED) is 0.393. The van der Waals surface area contributed by atoms with Crippen LogP contribution in [-0.4, -0.2) is 29.8 Å². The molecule has 0 fully saturated rings. The average molecular weight is 453 g/mol. The SMILES string of the molecule is CCc1cc(C(N)=O)ccc1-n1cc(C(C)C)c2c(-n3cnc(-c4cnn(C)c4)c3)cccc21. The van der Waals surface area contributed by atoms with Gasteiger partial charge in [0.15, 0.2) is 0 Å². The summed E-state index contributed by atoms with van der Waals surface area (Å²) in [6.07, 6.45) is 10.7. The zero-order valence-corrected chi connectivity index (χ0v) is 19.9. The van der Waals surface area contributed by atoms with E-state index in [1.807, 2.05) is 44.1 Å². The molecule has 1 amide bonds. The molecule has 3 aromatic heterocycles. The summed E-state index contributed by atoms with van der Waals surface area (Å²) in [5.41, 5.74) is 13.5. The molecule has 5 aromatic rings. The third-order valence-electron chi connectivity index (χ3n) is 6.32. The van der Waals surface area contributed by atoms with Crippen molar-refractivity contribution in [3.8, 4) is 22.6 Å². The highest BCUT2D eigenvalue weighted by molar-refractivity contribution is 5.95. The molecule has 0 saturated heterocycles. The maximum Gasteiger partial charge on any atom is 0.248 e. The van der Waals surface area contributed by atoms with Crippen molar-refractivity contribution in [2.24, 2.45) is 12.8 Å². The molecule has 0 aliphatic rings. The van der Waals surface area contributed by atoms with Crippen molar-refractivity contribution in [3.05, 3.63) is 84.2 Å². The third kappa shape index (κ3) is 3.59. The Morgan fingerprint density at radius 3 is 2.59 bits per heavy atom. The van der Waals surface area contributed by atoms with Crippen LogP contribution in [-0.2, 0) is 13.5 Å². The Morgan fingerprint density at radius 1 is 1.09 bits per heavy atom. The predicted octanol–water partition coefficient (Wildman–Crippen LogP) is 5.00. The van der Waals surface area contributed by atoms with Crippen molar-refractivity contribution >= 4 is 16.8 Å². The molecule has 0 aliphatic carbocycles. The summed E-state index contributed by atoms with van der Waals surface area (Å²) < 4.78 is 6.09. The molecule has 5 rings (SSSR count). The van der Waals surface area contributed by atoms with Gasteiger partial charge in [0.1, 0.15) is 0 Å². The smallest absolute Gasteiger partial charge is 0.248 e. The molecule has 7 heteroatoms. The van der Waals surface area contributed by atoms with Crippen LogP contribution in [0.5, 0.6) is 0 Å². The lowest BCUT2D eigenvalue weighted by atomic mass is 10.0. The highest BCUT2D eigenvalue weighted by Gasteiger charge is 2.19. The first-order valence-corrected chi connectivity index (χ1v) is 11.5. The topological polar surface area (TPSA) is 83.7 Å². The Labute approximate surface area is 198 Å². The third-order valence-corrected chi connectivity index (χ3v) is 6.32. The lowest BCUT2D eigenvalue weighted by Gasteiger charge is -2.13. The van der Waals surface area contributed by atoms with Gasteiger partial charge >= 0.3 is 0 Å². The maximum atomic E-state index is 11.7. The Bertz CT molecular complexity index is 1520. The van der Waals surface area contributed by atoms with Crippen LogP contribution in [0.15, 0.2) is 67.5 Å². The number of nitrogens with zero attached hydrogens (tertiary/aromatic N) is 5. The zero-order valence-electron chi connectivity index (χ0n) is 19.9. The number of fused-ring (bicyclic) bond motifs is 1. The summed E-state index contributed by atoms with van der Waals surface area (Å²) in [5, 5.41) is 5.46. The van der Waals surface area contributed by atoms with Crippen LogP contribution in [0.25, 0.3) is 33.5 Å². The Kier molecular flexibility index (Phi) is 5.32. The van der Waals surface area contributed by atoms with Crippen LogP contribution in [0.1, 0.15) is 48.2 Å². The van der Waals surface area contributed by atoms with E-state index >= 15 is 0 Å². The van der Waals surface area contributed by atoms with Gasteiger partial charge in [0.05, 0.1) is 29.4 Å². The first-order valence-electron chi connectivity index (χ1n) is 11.5. The van der Waals surface area contributed by atoms with Gasteiger partial charge in [-0.3, -0.25) is 9.48 Å². The molecule has 0 unspecified atom stereocenters. The number of aryl methyl sites for hydroxylation is 2. The minimum atomic E-state index is -0.409. The minimum absolute atomic E-state index is 0.321. The van der Waals surface area contributed by atoms with Crippen LogP contribution in [0.2, 0.25) is 0 Å². The van der Waals surface area contributed by atoms with Gasteiger partial charge < -0.3 is 14.9 Å². The van der Waals surface area contributed by atoms with Gasteiger partial charge in [-0.15, -0.1) is 0 Å². The molecule has 2 aromatic carbocycles. The second-order valence-corrected chi connectivity index (χ2v) is 8.91. The summed E-state index contributed by atoms with van der Waals surface area (Å²) in [6.45, 7) is 6.51. The largest absolute Gasteiger partial charge is 0.366 e. The van der Waals surface area contributed by atoms with Gasteiger partial charge in [0.25, 0.3) is 0 Å². The van der Waals surface area contributed by atoms with Crippen molar-refractivity contribution in [2.45, 2.75) is 33.1 Å². The summed E-state index contributed by atoms with van der Waals surface area (Å²) in [4.78, 5) is 16.4. The molecule has 34 heavy (non-hydrogen) atoms. The number of primary amides is 1. The van der Waals surface area contributed by atoms with Gasteiger partial charge in [-0.1, -0.05) is 26.8 Å². The van der Waals surface area contributed by atoms with E-state index in [4.69, 9.17) is 5.73 Å². The molecule has 0 bridgehead atoms. The number of benzene rings is 2. The number of hydrogen-bond acceptors (Lipinski definition) is 3. The van der Waals surface area contributed by atoms with E-state index in [0.29, 0.717) is 11.5 Å². The van der Waals surface area contributed by atoms with Gasteiger partial charge in [-0.25, -0.2) is 4.98 Å². The molecule has 7 nitrogen and oxygen atoms in total. The van der Waals surface area contributed by atoms with Crippen molar-refractivity contribution in [1.82, 2.24) is 23.9 Å². The van der Waals surface area contributed by atoms with Gasteiger partial charge in [0, 0.05) is 47.8 Å². The fourth-order valence-electron chi connectivity index (χ4n) is 4.56. The number of imidazole rings is 1. The Hall–Kier alpha value is -4.13. The summed E-state index contributed by atoms with van der Waals surface area (Å²) in [7, 11) is 1.90. The van der Waals surface area contributed by atoms with Crippen LogP contribution in [0, 0.1) is 0 Å². The van der Waals surface area contributed by atoms with E-state index in [2.05, 4.69) is 64.4 Å². The van der Waals surface area contributed by atoms with Crippen LogP contribution >= 0.6 is 0 Å². The molecular weight excluding hydrogens is 424 g/mol. The van der Waals surface area contributed by atoms with Crippen molar-refractivity contribution in [3.63, 3.8) is 0 Å². The lowest BCUT2D eigenvalue weighted by Crippen LogP contribution is -2.12. The Balaban J connectivity index is 1.71. The number of carbonyl (C=O) groups is 1. The van der Waals surface area contributed by atoms with Gasteiger partial charge in [-0.2, -0.15) is 5.10 Å². The first kappa shape index (κ1) is 21.7. The molecule has 0 saturated carbocycles. The molecule has 172 valence electrons. The standard InChI is InChI=1S/C27H28N6O/c1-5-18-11-19(27(28)34)9-10-23(18)33-14-21(17(2)3)26-24(7-6-8-25(26)33)32-15-22(29-16-32)20-12-30-31(4)13-20/h6-17H,5H2,1-4H3,(H2,28,34). The fraction of sp³-hybridized carbons (Fsp3) is 0.222. The molecule has 2 N–H and O–H groups in total. The number of aromatic nitrogens is 5. The Morgan fingerprint density at radius 2 is 1.91 bits per heavy atom. The summed E-state index contributed by atoms with van der Waals surface area (Å²) in [6, 6.07) is 12.0. The molecule has 0 radical (unpaired) electrons. The predicted molar refractivity (Wildman–Crippen MR) is 135 cm³/mol. The summed E-state index contributed by atoms with van der Waals surface area (Å²) >= 11 is 0. The number of rotatable bonds is 6. The second kappa shape index (κ2) is 8.33. The summed E-state index contributed by atoms with van der Waals surface area (Å²) in [5.74, 6) is -0.0884. The minimum Gasteiger partial charge on any atom is -0.366 e. The van der Waals surface area contributed by atoms with E-state index in [1.165, 1.54) is 10.9 Å². The molecule has 0 atom stereocenters. The monoisotopic (exact) mass is 452 g/mol. The normalized spacial score (nSPS) is 11.6. The lowest BCUT2D eigenvalue weighted by molar-refractivity contribution is 0.1000. The van der Waals surface area contributed by atoms with E-state index < -0.39 is 5.91 Å². The number of hydrogen-bond donors (Lipinski definition) is 1. The maximum absolute atomic E-state index is 11.7. The zero-order chi connectivity index (χ0) is 24.0. The van der Waals surface area contributed by atoms with E-state index in [-0.39, 0.29) is 0 Å². The van der Waals surface area contributed by atoms with Gasteiger partial charge in [-0.05, 0) is 53.8 Å². The highest BCUT2D eigenvalue weighted by atomic mass is 16.1. The van der Waals surface area contributed by atoms with Crippen LogP contribution < -0.4 is 5.73 Å². The number of carbonyl (C=O) groups excluding carboxylic acids is 1. The van der Waals surface area contributed by atoms with E-state index in [1.54, 1.807) is 10.7 Å². The number of amides is 1. The average Bonchev–Trinajstić information content (AvgIpc) is 3.56. The first-order chi connectivity index (χ1) is 16.4. The molecule has 0 spiro atoms. The second-order valence-electron chi connectivity index (χ2n) is 8.91. The van der Waals surface area contributed by atoms with E-state index in [0.717, 1.165) is 40.1 Å². The van der Waals surface area contributed by atoms with Crippen LogP contribution in [0.4, 0.5) is 0 Å². The molecule has 3 heterocycles. The molecular formula is C27H28N6O. The van der Waals surface area contributed by atoms with Crippen molar-refractivity contribution in [2.75, 3.05) is 0 Å². The molecule has 0 aliphatic heterocycles. The van der Waals surface area contributed by atoms with Crippen LogP contribution in [0.3, 0.4) is 0 Å².